The van der Waals surface area contributed by atoms with E-state index in [1.807, 2.05) is 0 Å². The molecule has 0 aliphatic heterocycles. The number of ketones is 1. The Labute approximate surface area is 181 Å². The van der Waals surface area contributed by atoms with Crippen LogP contribution in [0.5, 0.6) is 0 Å². The molecule has 0 bridgehead atoms. The molecule has 0 aromatic rings. The quantitative estimate of drug-likeness (QED) is 0.271. The zero-order valence-electron chi connectivity index (χ0n) is 19.1. The summed E-state index contributed by atoms with van der Waals surface area (Å²) in [5.41, 5.74) is 0. The van der Waals surface area contributed by atoms with Gasteiger partial charge in [-0.25, -0.2) is 0 Å². The van der Waals surface area contributed by atoms with Gasteiger partial charge in [0, 0.05) is 65.7 Å². The van der Waals surface area contributed by atoms with Crippen LogP contribution in [0.15, 0.2) is 0 Å². The Morgan fingerprint density at radius 3 is 2.00 bits per heavy atom. The van der Waals surface area contributed by atoms with Gasteiger partial charge in [0.25, 0.3) is 0 Å². The summed E-state index contributed by atoms with van der Waals surface area (Å²) in [6.45, 7) is 5.33. The lowest BCUT2D eigenvalue weighted by Crippen LogP contribution is -2.27. The summed E-state index contributed by atoms with van der Waals surface area (Å²) in [5, 5.41) is 5.71. The van der Waals surface area contributed by atoms with E-state index in [-0.39, 0.29) is 17.6 Å². The van der Waals surface area contributed by atoms with Crippen molar-refractivity contribution in [2.75, 3.05) is 53.7 Å². The first kappa shape index (κ1) is 28.5. The van der Waals surface area contributed by atoms with Crippen LogP contribution in [-0.4, -0.2) is 71.3 Å². The summed E-state index contributed by atoms with van der Waals surface area (Å²) in [6, 6.07) is 0. The van der Waals surface area contributed by atoms with E-state index in [0.717, 1.165) is 32.1 Å². The molecule has 176 valence electrons. The van der Waals surface area contributed by atoms with Gasteiger partial charge in [0.1, 0.15) is 5.78 Å². The Morgan fingerprint density at radius 1 is 0.733 bits per heavy atom. The van der Waals surface area contributed by atoms with Crippen molar-refractivity contribution in [1.82, 2.24) is 10.6 Å². The maximum Gasteiger partial charge on any atom is 0.220 e. The van der Waals surface area contributed by atoms with Crippen LogP contribution in [0.1, 0.15) is 64.7 Å². The minimum atomic E-state index is -0.0376. The normalized spacial score (nSPS) is 11.8. The summed E-state index contributed by atoms with van der Waals surface area (Å²) < 4.78 is 15.9. The summed E-state index contributed by atoms with van der Waals surface area (Å²) in [7, 11) is 3.36. The molecule has 0 saturated heterocycles. The predicted octanol–water partition coefficient (Wildman–Crippen LogP) is 2.24. The zero-order chi connectivity index (χ0) is 22.5. The molecule has 0 fully saturated rings. The first-order chi connectivity index (χ1) is 14.5. The van der Waals surface area contributed by atoms with E-state index >= 15 is 0 Å². The number of rotatable bonds is 21. The second-order valence-corrected chi connectivity index (χ2v) is 7.60. The molecule has 0 saturated carbocycles. The number of carbonyl (C=O) groups is 3. The van der Waals surface area contributed by atoms with Gasteiger partial charge < -0.3 is 29.6 Å². The van der Waals surface area contributed by atoms with Crippen LogP contribution >= 0.6 is 0 Å². The molecule has 0 aliphatic carbocycles. The van der Waals surface area contributed by atoms with E-state index in [1.54, 1.807) is 21.1 Å². The SMILES string of the molecule is COCCC(COC)COCCCNC(=O)CCCC(=O)NCCCCCC(C)=O. The molecule has 0 aliphatic rings. The van der Waals surface area contributed by atoms with Crippen molar-refractivity contribution in [3.05, 3.63) is 0 Å². The fraction of sp³-hybridized carbons (Fsp3) is 0.864. The standard InChI is InChI=1S/C22H42N2O6/c1-19(25)9-5-4-6-13-23-21(26)10-7-11-22(27)24-14-8-15-30-18-20(17-29-3)12-16-28-2/h20H,4-18H2,1-3H3,(H,23,26)(H,24,27). The molecule has 0 heterocycles. The molecule has 30 heavy (non-hydrogen) atoms. The van der Waals surface area contributed by atoms with Crippen molar-refractivity contribution in [3.8, 4) is 0 Å². The smallest absolute Gasteiger partial charge is 0.220 e. The zero-order valence-corrected chi connectivity index (χ0v) is 19.1. The Morgan fingerprint density at radius 2 is 1.40 bits per heavy atom. The molecule has 2 amide bonds. The average molecular weight is 431 g/mol. The lowest BCUT2D eigenvalue weighted by atomic mass is 10.1. The van der Waals surface area contributed by atoms with Crippen LogP contribution in [0.2, 0.25) is 0 Å². The van der Waals surface area contributed by atoms with Gasteiger partial charge in [-0.05, 0) is 39.0 Å². The van der Waals surface area contributed by atoms with Gasteiger partial charge in [0.05, 0.1) is 13.2 Å². The van der Waals surface area contributed by atoms with E-state index in [1.165, 1.54) is 0 Å². The van der Waals surface area contributed by atoms with Crippen LogP contribution in [-0.2, 0) is 28.6 Å². The summed E-state index contributed by atoms with van der Waals surface area (Å²) >= 11 is 0. The Balaban J connectivity index is 3.54. The van der Waals surface area contributed by atoms with Gasteiger partial charge in [-0.2, -0.15) is 0 Å². The van der Waals surface area contributed by atoms with Crippen molar-refractivity contribution in [2.24, 2.45) is 5.92 Å². The van der Waals surface area contributed by atoms with Gasteiger partial charge in [-0.3, -0.25) is 9.59 Å². The van der Waals surface area contributed by atoms with Crippen molar-refractivity contribution in [1.29, 1.82) is 0 Å². The molecule has 2 N–H and O–H groups in total. The lowest BCUT2D eigenvalue weighted by molar-refractivity contribution is -0.122. The molecule has 0 spiro atoms. The lowest BCUT2D eigenvalue weighted by Gasteiger charge is -2.15. The number of hydrogen-bond acceptors (Lipinski definition) is 6. The molecular formula is C22H42N2O6. The predicted molar refractivity (Wildman–Crippen MR) is 116 cm³/mol. The average Bonchev–Trinajstić information content (AvgIpc) is 2.70. The topological polar surface area (TPSA) is 103 Å². The largest absolute Gasteiger partial charge is 0.385 e. The van der Waals surface area contributed by atoms with Crippen molar-refractivity contribution >= 4 is 17.6 Å². The van der Waals surface area contributed by atoms with Gasteiger partial charge in [-0.15, -0.1) is 0 Å². The number of nitrogens with one attached hydrogen (secondary N) is 2. The Hall–Kier alpha value is -1.51. The van der Waals surface area contributed by atoms with Gasteiger partial charge >= 0.3 is 0 Å². The molecule has 1 unspecified atom stereocenters. The number of unbranched alkanes of at least 4 members (excludes halogenated alkanes) is 2. The van der Waals surface area contributed by atoms with Gasteiger partial charge in [-0.1, -0.05) is 6.42 Å². The Kier molecular flexibility index (Phi) is 19.7. The van der Waals surface area contributed by atoms with Crippen molar-refractivity contribution in [3.63, 3.8) is 0 Å². The molecule has 8 heteroatoms. The van der Waals surface area contributed by atoms with Crippen LogP contribution in [0.4, 0.5) is 0 Å². The monoisotopic (exact) mass is 430 g/mol. The molecule has 1 atom stereocenters. The van der Waals surface area contributed by atoms with Crippen LogP contribution in [0.3, 0.4) is 0 Å². The highest BCUT2D eigenvalue weighted by Gasteiger charge is 2.09. The first-order valence-corrected chi connectivity index (χ1v) is 11.1. The highest BCUT2D eigenvalue weighted by molar-refractivity contribution is 5.78. The minimum Gasteiger partial charge on any atom is -0.385 e. The fourth-order valence-electron chi connectivity index (χ4n) is 2.88. The summed E-state index contributed by atoms with van der Waals surface area (Å²) in [4.78, 5) is 34.4. The molecule has 0 aromatic heterocycles. The third-order valence-electron chi connectivity index (χ3n) is 4.61. The number of Topliss-reactive ketones (excluding diaryl/α,β-unsaturated/α-hetero) is 1. The summed E-state index contributed by atoms with van der Waals surface area (Å²) in [5.74, 6) is 0.459. The first-order valence-electron chi connectivity index (χ1n) is 11.1. The van der Waals surface area contributed by atoms with Gasteiger partial charge in [0.15, 0.2) is 0 Å². The number of hydrogen-bond donors (Lipinski definition) is 2. The highest BCUT2D eigenvalue weighted by Crippen LogP contribution is 2.05. The van der Waals surface area contributed by atoms with E-state index in [2.05, 4.69) is 10.6 Å². The maximum absolute atomic E-state index is 11.8. The second kappa shape index (κ2) is 20.8. The molecule has 8 nitrogen and oxygen atoms in total. The third-order valence-corrected chi connectivity index (χ3v) is 4.61. The number of ether oxygens (including phenoxy) is 3. The number of carbonyl (C=O) groups excluding carboxylic acids is 3. The van der Waals surface area contributed by atoms with E-state index in [9.17, 15) is 14.4 Å². The second-order valence-electron chi connectivity index (χ2n) is 7.60. The van der Waals surface area contributed by atoms with Crippen molar-refractivity contribution in [2.45, 2.75) is 64.7 Å². The number of methoxy groups -OCH3 is 2. The fourth-order valence-corrected chi connectivity index (χ4v) is 2.88. The van der Waals surface area contributed by atoms with Gasteiger partial charge in [0.2, 0.25) is 11.8 Å². The maximum atomic E-state index is 11.8. The molecule has 0 rings (SSSR count). The third kappa shape index (κ3) is 19.8. The van der Waals surface area contributed by atoms with E-state index in [0.29, 0.717) is 71.1 Å². The molecule has 0 radical (unpaired) electrons. The van der Waals surface area contributed by atoms with E-state index < -0.39 is 0 Å². The highest BCUT2D eigenvalue weighted by atomic mass is 16.5. The minimum absolute atomic E-state index is 0.0261. The van der Waals surface area contributed by atoms with Crippen LogP contribution in [0, 0.1) is 5.92 Å². The molecular weight excluding hydrogens is 388 g/mol. The van der Waals surface area contributed by atoms with Crippen molar-refractivity contribution < 1.29 is 28.6 Å². The van der Waals surface area contributed by atoms with Crippen LogP contribution < -0.4 is 10.6 Å². The summed E-state index contributed by atoms with van der Waals surface area (Å²) in [6.07, 6.45) is 6.18. The molecule has 0 aromatic carbocycles. The Bertz CT molecular complexity index is 459. The van der Waals surface area contributed by atoms with Crippen LogP contribution in [0.25, 0.3) is 0 Å². The number of amides is 2. The van der Waals surface area contributed by atoms with E-state index in [4.69, 9.17) is 14.2 Å².